The maximum Gasteiger partial charge on any atom is 0.257 e. The van der Waals surface area contributed by atoms with E-state index in [2.05, 4.69) is 15.6 Å². The maximum atomic E-state index is 12.3. The number of aromatic nitrogens is 1. The lowest BCUT2D eigenvalue weighted by molar-refractivity contribution is 0.102. The van der Waals surface area contributed by atoms with Crippen molar-refractivity contribution in [3.05, 3.63) is 88.6 Å². The molecule has 2 N–H and O–H groups in total. The van der Waals surface area contributed by atoms with Gasteiger partial charge in [-0.15, -0.1) is 0 Å². The highest BCUT2D eigenvalue weighted by atomic mass is 35.5. The van der Waals surface area contributed by atoms with Crippen molar-refractivity contribution in [1.82, 2.24) is 4.98 Å². The predicted octanol–water partition coefficient (Wildman–Crippen LogP) is 4.47. The van der Waals surface area contributed by atoms with Crippen molar-refractivity contribution in [3.8, 4) is 6.07 Å². The third-order valence-electron chi connectivity index (χ3n) is 3.69. The van der Waals surface area contributed by atoms with Gasteiger partial charge in [-0.3, -0.25) is 4.79 Å². The number of carbonyl (C=O) groups excluding carboxylic acids is 1. The minimum atomic E-state index is -0.287. The van der Waals surface area contributed by atoms with E-state index in [0.29, 0.717) is 34.2 Å². The van der Waals surface area contributed by atoms with Gasteiger partial charge in [0.25, 0.3) is 5.91 Å². The SMILES string of the molecule is N#Cc1cccc(NC(=O)c2ccc(NCc3ccccc3Cl)nc2)c1. The summed E-state index contributed by atoms with van der Waals surface area (Å²) in [4.78, 5) is 16.5. The lowest BCUT2D eigenvalue weighted by Crippen LogP contribution is -2.12. The van der Waals surface area contributed by atoms with Crippen molar-refractivity contribution in [2.75, 3.05) is 10.6 Å². The zero-order chi connectivity index (χ0) is 18.4. The Labute approximate surface area is 156 Å². The van der Waals surface area contributed by atoms with Crippen LogP contribution in [-0.4, -0.2) is 10.9 Å². The van der Waals surface area contributed by atoms with Crippen LogP contribution in [0.5, 0.6) is 0 Å². The van der Waals surface area contributed by atoms with E-state index >= 15 is 0 Å². The summed E-state index contributed by atoms with van der Waals surface area (Å²) in [5.41, 5.74) is 2.45. The molecule has 0 saturated heterocycles. The summed E-state index contributed by atoms with van der Waals surface area (Å²) >= 11 is 6.12. The van der Waals surface area contributed by atoms with E-state index in [1.54, 1.807) is 36.4 Å². The average molecular weight is 363 g/mol. The van der Waals surface area contributed by atoms with E-state index in [-0.39, 0.29) is 5.91 Å². The Hall–Kier alpha value is -3.36. The lowest BCUT2D eigenvalue weighted by Gasteiger charge is -2.08. The third-order valence-corrected chi connectivity index (χ3v) is 4.06. The number of anilines is 2. The summed E-state index contributed by atoms with van der Waals surface area (Å²) in [5, 5.41) is 15.5. The number of nitrogens with one attached hydrogen (secondary N) is 2. The molecule has 3 rings (SSSR count). The molecule has 0 spiro atoms. The molecule has 0 unspecified atom stereocenters. The van der Waals surface area contributed by atoms with Crippen LogP contribution in [0.2, 0.25) is 5.02 Å². The van der Waals surface area contributed by atoms with E-state index in [1.165, 1.54) is 6.20 Å². The summed E-state index contributed by atoms with van der Waals surface area (Å²) in [7, 11) is 0. The fraction of sp³-hybridized carbons (Fsp3) is 0.0500. The van der Waals surface area contributed by atoms with Crippen molar-refractivity contribution in [2.45, 2.75) is 6.54 Å². The molecule has 0 aliphatic rings. The second kappa shape index (κ2) is 8.15. The number of hydrogen-bond acceptors (Lipinski definition) is 4. The molecule has 26 heavy (non-hydrogen) atoms. The summed E-state index contributed by atoms with van der Waals surface area (Å²) in [6, 6.07) is 19.8. The van der Waals surface area contributed by atoms with Gasteiger partial charge in [-0.1, -0.05) is 35.9 Å². The highest BCUT2D eigenvalue weighted by molar-refractivity contribution is 6.31. The summed E-state index contributed by atoms with van der Waals surface area (Å²) in [6.45, 7) is 0.541. The molecule has 128 valence electrons. The molecule has 0 atom stereocenters. The molecular weight excluding hydrogens is 348 g/mol. The first-order valence-corrected chi connectivity index (χ1v) is 8.28. The highest BCUT2D eigenvalue weighted by Crippen LogP contribution is 2.17. The number of halogens is 1. The number of rotatable bonds is 5. The smallest absolute Gasteiger partial charge is 0.257 e. The minimum absolute atomic E-state index is 0.287. The first-order valence-electron chi connectivity index (χ1n) is 7.90. The minimum Gasteiger partial charge on any atom is -0.366 e. The lowest BCUT2D eigenvalue weighted by atomic mass is 10.2. The van der Waals surface area contributed by atoms with Crippen LogP contribution in [0.25, 0.3) is 0 Å². The van der Waals surface area contributed by atoms with Crippen LogP contribution in [0.4, 0.5) is 11.5 Å². The Balaban J connectivity index is 1.62. The Kier molecular flexibility index (Phi) is 5.47. The molecule has 2 aromatic carbocycles. The highest BCUT2D eigenvalue weighted by Gasteiger charge is 2.07. The molecule has 1 heterocycles. The van der Waals surface area contributed by atoms with Crippen molar-refractivity contribution in [3.63, 3.8) is 0 Å². The zero-order valence-electron chi connectivity index (χ0n) is 13.7. The molecule has 0 aliphatic carbocycles. The fourth-order valence-electron chi connectivity index (χ4n) is 2.33. The van der Waals surface area contributed by atoms with Crippen molar-refractivity contribution in [2.24, 2.45) is 0 Å². The molecule has 1 aromatic heterocycles. The van der Waals surface area contributed by atoms with Gasteiger partial charge in [0.15, 0.2) is 0 Å². The Bertz CT molecular complexity index is 964. The normalized spacial score (nSPS) is 10.0. The Morgan fingerprint density at radius 2 is 1.96 bits per heavy atom. The first kappa shape index (κ1) is 17.5. The molecule has 0 bridgehead atoms. The average Bonchev–Trinajstić information content (AvgIpc) is 2.68. The molecule has 0 fully saturated rings. The Morgan fingerprint density at radius 1 is 1.12 bits per heavy atom. The van der Waals surface area contributed by atoms with E-state index in [9.17, 15) is 4.79 Å². The molecule has 0 radical (unpaired) electrons. The van der Waals surface area contributed by atoms with Gasteiger partial charge >= 0.3 is 0 Å². The molecule has 0 aliphatic heterocycles. The number of benzene rings is 2. The van der Waals surface area contributed by atoms with Gasteiger partial charge in [0.1, 0.15) is 5.82 Å². The quantitative estimate of drug-likeness (QED) is 0.701. The van der Waals surface area contributed by atoms with Crippen molar-refractivity contribution >= 4 is 29.0 Å². The topological polar surface area (TPSA) is 77.8 Å². The predicted molar refractivity (Wildman–Crippen MR) is 102 cm³/mol. The molecule has 5 nitrogen and oxygen atoms in total. The summed E-state index contributed by atoms with van der Waals surface area (Å²) in [6.07, 6.45) is 1.50. The second-order valence-corrected chi connectivity index (χ2v) is 5.93. The van der Waals surface area contributed by atoms with E-state index in [4.69, 9.17) is 16.9 Å². The third kappa shape index (κ3) is 4.38. The van der Waals surface area contributed by atoms with Gasteiger partial charge in [-0.25, -0.2) is 4.98 Å². The van der Waals surface area contributed by atoms with Crippen LogP contribution in [0.3, 0.4) is 0 Å². The largest absolute Gasteiger partial charge is 0.366 e. The van der Waals surface area contributed by atoms with Gasteiger partial charge < -0.3 is 10.6 Å². The van der Waals surface area contributed by atoms with Gasteiger partial charge in [-0.2, -0.15) is 5.26 Å². The Morgan fingerprint density at radius 3 is 2.69 bits per heavy atom. The maximum absolute atomic E-state index is 12.3. The molecular formula is C20H15ClN4O. The molecule has 3 aromatic rings. The van der Waals surface area contributed by atoms with Crippen LogP contribution in [0.15, 0.2) is 66.9 Å². The molecule has 1 amide bonds. The van der Waals surface area contributed by atoms with Gasteiger partial charge in [0, 0.05) is 23.5 Å². The number of hydrogen-bond donors (Lipinski definition) is 2. The summed E-state index contributed by atoms with van der Waals surface area (Å²) in [5.74, 6) is 0.359. The van der Waals surface area contributed by atoms with Crippen LogP contribution < -0.4 is 10.6 Å². The van der Waals surface area contributed by atoms with Crippen molar-refractivity contribution < 1.29 is 4.79 Å². The van der Waals surface area contributed by atoms with Gasteiger partial charge in [-0.05, 0) is 42.0 Å². The molecule has 6 heteroatoms. The van der Waals surface area contributed by atoms with Gasteiger partial charge in [0.2, 0.25) is 0 Å². The van der Waals surface area contributed by atoms with Gasteiger partial charge in [0.05, 0.1) is 17.2 Å². The number of pyridine rings is 1. The van der Waals surface area contributed by atoms with Crippen LogP contribution >= 0.6 is 11.6 Å². The fourth-order valence-corrected chi connectivity index (χ4v) is 2.53. The second-order valence-electron chi connectivity index (χ2n) is 5.52. The number of carbonyl (C=O) groups is 1. The number of nitrogens with zero attached hydrogens (tertiary/aromatic N) is 2. The van der Waals surface area contributed by atoms with E-state index < -0.39 is 0 Å². The van der Waals surface area contributed by atoms with E-state index in [1.807, 2.05) is 30.3 Å². The van der Waals surface area contributed by atoms with Crippen LogP contribution in [-0.2, 0) is 6.54 Å². The monoisotopic (exact) mass is 362 g/mol. The van der Waals surface area contributed by atoms with Crippen molar-refractivity contribution in [1.29, 1.82) is 5.26 Å². The van der Waals surface area contributed by atoms with Crippen LogP contribution in [0.1, 0.15) is 21.5 Å². The van der Waals surface area contributed by atoms with E-state index in [0.717, 1.165) is 5.56 Å². The first-order chi connectivity index (χ1) is 12.7. The molecule has 0 saturated carbocycles. The number of amides is 1. The summed E-state index contributed by atoms with van der Waals surface area (Å²) < 4.78 is 0. The number of nitriles is 1. The van der Waals surface area contributed by atoms with Crippen LogP contribution in [0, 0.1) is 11.3 Å². The zero-order valence-corrected chi connectivity index (χ0v) is 14.5. The standard InChI is InChI=1S/C20H15ClN4O/c21-18-7-2-1-5-15(18)12-23-19-9-8-16(13-24-19)20(26)25-17-6-3-4-14(10-17)11-22/h1-10,13H,12H2,(H,23,24)(H,25,26).